The van der Waals surface area contributed by atoms with Crippen molar-refractivity contribution in [1.82, 2.24) is 0 Å². The van der Waals surface area contributed by atoms with Gasteiger partial charge in [0.25, 0.3) is 0 Å². The fourth-order valence-electron chi connectivity index (χ4n) is 4.40. The van der Waals surface area contributed by atoms with Crippen molar-refractivity contribution in [3.05, 3.63) is 71.0 Å². The molecule has 0 bridgehead atoms. The Morgan fingerprint density at radius 3 is 2.61 bits per heavy atom. The number of alkyl halides is 1. The van der Waals surface area contributed by atoms with E-state index in [0.717, 1.165) is 65.1 Å². The number of benzene rings is 3. The summed E-state index contributed by atoms with van der Waals surface area (Å²) in [5.41, 5.74) is 3.64. The number of hydrogen-bond acceptors (Lipinski definition) is 1. The minimum Gasteiger partial charge on any atom is -0.242 e. The Morgan fingerprint density at radius 2 is 1.86 bits per heavy atom. The fraction of sp³-hybridized carbons (Fsp3) is 0.320. The van der Waals surface area contributed by atoms with Gasteiger partial charge in [0.1, 0.15) is 18.1 Å². The maximum Gasteiger partial charge on any atom is 0.141 e. The lowest BCUT2D eigenvalue weighted by atomic mass is 9.78. The number of fused-ring (bicyclic) bond motifs is 3. The van der Waals surface area contributed by atoms with Gasteiger partial charge < -0.3 is 0 Å². The number of unbranched alkanes of at least 4 members (excludes halogenated alkanes) is 1. The molecular weight excluding hydrogens is 352 g/mol. The second-order valence-corrected chi connectivity index (χ2v) is 7.72. The third-order valence-electron chi connectivity index (χ3n) is 6.00. The molecule has 2 unspecified atom stereocenters. The molecule has 1 nitrogen and oxygen atoms in total. The summed E-state index contributed by atoms with van der Waals surface area (Å²) < 4.78 is 29.1. The summed E-state index contributed by atoms with van der Waals surface area (Å²) in [4.78, 5) is 0. The third-order valence-corrected chi connectivity index (χ3v) is 6.00. The lowest BCUT2D eigenvalue weighted by Gasteiger charge is -2.29. The van der Waals surface area contributed by atoms with Gasteiger partial charge >= 0.3 is 0 Å². The standard InChI is InChI=1S/C25H23F2N/c1-2-3-4-16-7-11-22-21-10-8-17(13-19(21)9-12-23(22)25(16)27)18-5-6-20(15-28)24(26)14-18/h5-6,8-10,12-14,16,25H,2-4,7,11H2,1H3. The molecule has 3 heteroatoms. The first-order chi connectivity index (χ1) is 13.6. The highest BCUT2D eigenvalue weighted by molar-refractivity contribution is 5.91. The van der Waals surface area contributed by atoms with E-state index in [1.54, 1.807) is 6.07 Å². The zero-order chi connectivity index (χ0) is 19.7. The van der Waals surface area contributed by atoms with Gasteiger partial charge in [-0.1, -0.05) is 50.1 Å². The average molecular weight is 375 g/mol. The largest absolute Gasteiger partial charge is 0.242 e. The molecule has 1 aliphatic carbocycles. The summed E-state index contributed by atoms with van der Waals surface area (Å²) in [6.07, 6.45) is 4.07. The Hall–Kier alpha value is -2.73. The lowest BCUT2D eigenvalue weighted by Crippen LogP contribution is -2.18. The van der Waals surface area contributed by atoms with Crippen LogP contribution in [0, 0.1) is 23.1 Å². The van der Waals surface area contributed by atoms with Gasteiger partial charge in [-0.05, 0) is 76.4 Å². The maximum atomic E-state index is 15.1. The highest BCUT2D eigenvalue weighted by Crippen LogP contribution is 2.42. The van der Waals surface area contributed by atoms with Crippen molar-refractivity contribution in [2.24, 2.45) is 5.92 Å². The molecule has 0 radical (unpaired) electrons. The molecule has 1 aliphatic rings. The number of halogens is 2. The smallest absolute Gasteiger partial charge is 0.141 e. The van der Waals surface area contributed by atoms with Crippen LogP contribution in [-0.4, -0.2) is 0 Å². The maximum absolute atomic E-state index is 15.1. The summed E-state index contributed by atoms with van der Waals surface area (Å²) in [6, 6.07) is 16.4. The SMILES string of the molecule is CCCCC1CCc2c(ccc3cc(-c4ccc(C#N)c(F)c4)ccc23)C1F. The van der Waals surface area contributed by atoms with Gasteiger partial charge in [-0.2, -0.15) is 5.26 Å². The van der Waals surface area contributed by atoms with Crippen molar-refractivity contribution in [2.45, 2.75) is 45.2 Å². The fourth-order valence-corrected chi connectivity index (χ4v) is 4.40. The third kappa shape index (κ3) is 3.29. The van der Waals surface area contributed by atoms with E-state index >= 15 is 4.39 Å². The number of nitrogens with zero attached hydrogens (tertiary/aromatic N) is 1. The van der Waals surface area contributed by atoms with Crippen molar-refractivity contribution < 1.29 is 8.78 Å². The summed E-state index contributed by atoms with van der Waals surface area (Å²) in [5, 5.41) is 11.0. The molecule has 3 aromatic carbocycles. The second kappa shape index (κ2) is 7.72. The number of aryl methyl sites for hydroxylation is 1. The van der Waals surface area contributed by atoms with Gasteiger partial charge in [-0.15, -0.1) is 0 Å². The van der Waals surface area contributed by atoms with Crippen molar-refractivity contribution in [3.63, 3.8) is 0 Å². The van der Waals surface area contributed by atoms with Crippen LogP contribution < -0.4 is 0 Å². The van der Waals surface area contributed by atoms with Gasteiger partial charge in [0.2, 0.25) is 0 Å². The van der Waals surface area contributed by atoms with E-state index in [1.807, 2.05) is 36.4 Å². The van der Waals surface area contributed by atoms with Crippen LogP contribution in [-0.2, 0) is 6.42 Å². The molecule has 0 heterocycles. The molecule has 0 saturated heterocycles. The van der Waals surface area contributed by atoms with Crippen molar-refractivity contribution in [3.8, 4) is 17.2 Å². The molecule has 0 amide bonds. The van der Waals surface area contributed by atoms with Gasteiger partial charge in [-0.3, -0.25) is 0 Å². The van der Waals surface area contributed by atoms with E-state index in [2.05, 4.69) is 6.92 Å². The van der Waals surface area contributed by atoms with Gasteiger partial charge in [0.15, 0.2) is 0 Å². The monoisotopic (exact) mass is 375 g/mol. The molecule has 28 heavy (non-hydrogen) atoms. The summed E-state index contributed by atoms with van der Waals surface area (Å²) >= 11 is 0. The van der Waals surface area contributed by atoms with E-state index in [4.69, 9.17) is 5.26 Å². The van der Waals surface area contributed by atoms with E-state index in [1.165, 1.54) is 12.1 Å². The van der Waals surface area contributed by atoms with Crippen molar-refractivity contribution in [1.29, 1.82) is 5.26 Å². The number of rotatable bonds is 4. The normalized spacial score (nSPS) is 18.6. The highest BCUT2D eigenvalue weighted by atomic mass is 19.1. The van der Waals surface area contributed by atoms with Crippen LogP contribution >= 0.6 is 0 Å². The highest BCUT2D eigenvalue weighted by Gasteiger charge is 2.29. The van der Waals surface area contributed by atoms with Crippen LogP contribution in [0.15, 0.2) is 48.5 Å². The minimum absolute atomic E-state index is 0.0465. The second-order valence-electron chi connectivity index (χ2n) is 7.72. The predicted molar refractivity (Wildman–Crippen MR) is 109 cm³/mol. The first-order valence-corrected chi connectivity index (χ1v) is 10.0. The Bertz CT molecular complexity index is 1060. The van der Waals surface area contributed by atoms with Crippen LogP contribution in [0.25, 0.3) is 21.9 Å². The molecule has 0 aliphatic heterocycles. The van der Waals surface area contributed by atoms with E-state index < -0.39 is 12.0 Å². The molecular formula is C25H23F2N. The summed E-state index contributed by atoms with van der Waals surface area (Å²) in [6.45, 7) is 2.15. The molecule has 0 spiro atoms. The van der Waals surface area contributed by atoms with Crippen molar-refractivity contribution in [2.75, 3.05) is 0 Å². The van der Waals surface area contributed by atoms with E-state index in [0.29, 0.717) is 0 Å². The van der Waals surface area contributed by atoms with Crippen LogP contribution in [0.5, 0.6) is 0 Å². The summed E-state index contributed by atoms with van der Waals surface area (Å²) in [7, 11) is 0. The Balaban J connectivity index is 1.71. The van der Waals surface area contributed by atoms with Gasteiger partial charge in [0.05, 0.1) is 5.56 Å². The van der Waals surface area contributed by atoms with Gasteiger partial charge in [0, 0.05) is 0 Å². The molecule has 0 saturated carbocycles. The molecule has 4 rings (SSSR count). The Labute approximate surface area is 164 Å². The van der Waals surface area contributed by atoms with Crippen LogP contribution in [0.4, 0.5) is 8.78 Å². The van der Waals surface area contributed by atoms with Crippen LogP contribution in [0.2, 0.25) is 0 Å². The van der Waals surface area contributed by atoms with Crippen molar-refractivity contribution >= 4 is 10.8 Å². The first kappa shape index (κ1) is 18.6. The lowest BCUT2D eigenvalue weighted by molar-refractivity contribution is 0.193. The Kier molecular flexibility index (Phi) is 5.13. The molecule has 0 fully saturated rings. The average Bonchev–Trinajstić information content (AvgIpc) is 2.72. The quantitative estimate of drug-likeness (QED) is 0.470. The first-order valence-electron chi connectivity index (χ1n) is 10.0. The summed E-state index contributed by atoms with van der Waals surface area (Å²) in [5.74, 6) is -0.380. The number of hydrogen-bond donors (Lipinski definition) is 0. The predicted octanol–water partition coefficient (Wildman–Crippen LogP) is 7.28. The zero-order valence-corrected chi connectivity index (χ0v) is 16.0. The topological polar surface area (TPSA) is 23.8 Å². The van der Waals surface area contributed by atoms with E-state index in [-0.39, 0.29) is 11.5 Å². The molecule has 142 valence electrons. The van der Waals surface area contributed by atoms with E-state index in [9.17, 15) is 4.39 Å². The van der Waals surface area contributed by atoms with Gasteiger partial charge in [-0.25, -0.2) is 8.78 Å². The number of nitriles is 1. The zero-order valence-electron chi connectivity index (χ0n) is 16.0. The molecule has 3 aromatic rings. The van der Waals surface area contributed by atoms with Crippen LogP contribution in [0.3, 0.4) is 0 Å². The van der Waals surface area contributed by atoms with Crippen LogP contribution in [0.1, 0.15) is 55.5 Å². The molecule has 0 N–H and O–H groups in total. The minimum atomic E-state index is -0.882. The molecule has 2 atom stereocenters. The molecule has 0 aromatic heterocycles. The Morgan fingerprint density at radius 1 is 1.07 bits per heavy atom.